The van der Waals surface area contributed by atoms with Crippen molar-refractivity contribution in [3.63, 3.8) is 0 Å². The smallest absolute Gasteiger partial charge is 0.306 e. The molecule has 81 heavy (non-hydrogen) atoms. The second-order valence-electron chi connectivity index (χ2n) is 24.8. The van der Waals surface area contributed by atoms with Gasteiger partial charge in [0.05, 0.1) is 40.3 Å². The molecule has 9 nitrogen and oxygen atoms in total. The molecule has 0 aliphatic carbocycles. The van der Waals surface area contributed by atoms with Crippen molar-refractivity contribution < 1.29 is 42.9 Å². The fourth-order valence-electron chi connectivity index (χ4n) is 10.2. The number of carboxylic acids is 1. The van der Waals surface area contributed by atoms with E-state index >= 15 is 0 Å². The van der Waals surface area contributed by atoms with Crippen LogP contribution in [0.15, 0.2) is 48.6 Å². The molecule has 0 spiro atoms. The van der Waals surface area contributed by atoms with E-state index < -0.39 is 24.3 Å². The average Bonchev–Trinajstić information content (AvgIpc) is 3.44. The molecule has 0 saturated carbocycles. The standard InChI is InChI=1S/C72H133NO8/c1-6-8-10-12-14-16-18-20-22-24-25-26-27-28-29-30-31-32-33-34-35-36-37-38-39-40-41-42-43-44-45-47-49-51-53-55-57-59-61-63-70(75)81-68(67-80-72(71(76)77)78-65-64-73(3,4)5)66-79-69(74)62-60-58-56-54-52-50-48-46-23-21-19-17-15-13-11-9-7-2/h15,17-18,20-21,23-25,68,72H,6-14,16,19,22,26-67H2,1-5H3/b17-15-,20-18-,23-21-,25-24-. The van der Waals surface area contributed by atoms with Gasteiger partial charge < -0.3 is 33.3 Å². The predicted molar refractivity (Wildman–Crippen MR) is 343 cm³/mol. The van der Waals surface area contributed by atoms with E-state index in [0.29, 0.717) is 17.4 Å². The summed E-state index contributed by atoms with van der Waals surface area (Å²) in [6.07, 6.45) is 77.8. The number of aliphatic carboxylic acids is 1. The number of quaternary nitrogens is 1. The molecule has 0 saturated heterocycles. The lowest BCUT2D eigenvalue weighted by atomic mass is 10.0. The summed E-state index contributed by atoms with van der Waals surface area (Å²) in [6.45, 7) is 4.75. The fourth-order valence-corrected chi connectivity index (χ4v) is 10.2. The van der Waals surface area contributed by atoms with Gasteiger partial charge in [0.15, 0.2) is 12.4 Å². The van der Waals surface area contributed by atoms with Gasteiger partial charge in [0.25, 0.3) is 0 Å². The van der Waals surface area contributed by atoms with Gasteiger partial charge in [-0.2, -0.15) is 0 Å². The highest BCUT2D eigenvalue weighted by Gasteiger charge is 2.22. The normalized spacial score (nSPS) is 13.0. The second-order valence-corrected chi connectivity index (χ2v) is 24.8. The number of likely N-dealkylation sites (N-methyl/N-ethyl adjacent to an activating group) is 1. The minimum Gasteiger partial charge on any atom is -0.545 e. The number of esters is 2. The van der Waals surface area contributed by atoms with Crippen LogP contribution in [0.3, 0.4) is 0 Å². The summed E-state index contributed by atoms with van der Waals surface area (Å²) in [4.78, 5) is 37.4. The van der Waals surface area contributed by atoms with Crippen LogP contribution in [0, 0.1) is 0 Å². The number of nitrogens with zero attached hydrogens (tertiary/aromatic N) is 1. The number of carbonyl (C=O) groups excluding carboxylic acids is 3. The number of carboxylic acid groups (broad SMARTS) is 1. The van der Waals surface area contributed by atoms with Crippen molar-refractivity contribution in [2.45, 2.75) is 347 Å². The van der Waals surface area contributed by atoms with E-state index in [-0.39, 0.29) is 38.6 Å². The highest BCUT2D eigenvalue weighted by Crippen LogP contribution is 2.18. The van der Waals surface area contributed by atoms with E-state index in [2.05, 4.69) is 62.5 Å². The van der Waals surface area contributed by atoms with E-state index in [4.69, 9.17) is 18.9 Å². The summed E-state index contributed by atoms with van der Waals surface area (Å²) in [6, 6.07) is 0. The first-order chi connectivity index (χ1) is 39.6. The molecule has 0 aromatic rings. The summed E-state index contributed by atoms with van der Waals surface area (Å²) in [5.74, 6) is -2.27. The number of unbranched alkanes of at least 4 members (excludes halogenated alkanes) is 42. The molecule has 0 aliphatic rings. The van der Waals surface area contributed by atoms with Crippen molar-refractivity contribution >= 4 is 17.9 Å². The molecular formula is C72H133NO8. The Balaban J connectivity index is 3.96. The molecule has 0 rings (SSSR count). The van der Waals surface area contributed by atoms with Gasteiger partial charge >= 0.3 is 11.9 Å². The number of allylic oxidation sites excluding steroid dienone is 8. The van der Waals surface area contributed by atoms with Crippen LogP contribution in [-0.2, 0) is 33.3 Å². The first-order valence-corrected chi connectivity index (χ1v) is 34.8. The third-order valence-corrected chi connectivity index (χ3v) is 15.5. The predicted octanol–water partition coefficient (Wildman–Crippen LogP) is 20.0. The van der Waals surface area contributed by atoms with Gasteiger partial charge in [0.1, 0.15) is 13.2 Å². The van der Waals surface area contributed by atoms with Crippen LogP contribution in [0.5, 0.6) is 0 Å². The summed E-state index contributed by atoms with van der Waals surface area (Å²) in [7, 11) is 5.93. The van der Waals surface area contributed by atoms with Crippen LogP contribution in [0.4, 0.5) is 0 Å². The molecule has 2 atom stereocenters. The zero-order chi connectivity index (χ0) is 59.1. The van der Waals surface area contributed by atoms with Crippen LogP contribution < -0.4 is 5.11 Å². The Bertz CT molecular complexity index is 1470. The van der Waals surface area contributed by atoms with Crippen molar-refractivity contribution in [2.24, 2.45) is 0 Å². The van der Waals surface area contributed by atoms with Gasteiger partial charge in [-0.25, -0.2) is 0 Å². The molecule has 0 fully saturated rings. The third kappa shape index (κ3) is 64.7. The lowest BCUT2D eigenvalue weighted by Gasteiger charge is -2.26. The zero-order valence-electron chi connectivity index (χ0n) is 54.2. The minimum atomic E-state index is -1.62. The maximum Gasteiger partial charge on any atom is 0.306 e. The minimum absolute atomic E-state index is 0.148. The van der Waals surface area contributed by atoms with Crippen LogP contribution in [0.1, 0.15) is 335 Å². The first kappa shape index (κ1) is 78.2. The van der Waals surface area contributed by atoms with E-state index in [1.807, 2.05) is 21.1 Å². The largest absolute Gasteiger partial charge is 0.545 e. The molecule has 0 N–H and O–H groups in total. The molecule has 474 valence electrons. The van der Waals surface area contributed by atoms with E-state index in [1.165, 1.54) is 244 Å². The van der Waals surface area contributed by atoms with Crippen molar-refractivity contribution in [3.8, 4) is 0 Å². The third-order valence-electron chi connectivity index (χ3n) is 15.5. The van der Waals surface area contributed by atoms with E-state index in [1.54, 1.807) is 0 Å². The summed E-state index contributed by atoms with van der Waals surface area (Å²) in [5.41, 5.74) is 0. The van der Waals surface area contributed by atoms with Gasteiger partial charge in [-0.3, -0.25) is 9.59 Å². The summed E-state index contributed by atoms with van der Waals surface area (Å²) >= 11 is 0. The molecule has 9 heteroatoms. The van der Waals surface area contributed by atoms with Gasteiger partial charge in [-0.1, -0.05) is 294 Å². The second kappa shape index (κ2) is 63.3. The Labute approximate surface area is 502 Å². The van der Waals surface area contributed by atoms with Crippen LogP contribution in [-0.4, -0.2) is 82.3 Å². The maximum atomic E-state index is 12.9. The van der Waals surface area contributed by atoms with Crippen molar-refractivity contribution in [3.05, 3.63) is 48.6 Å². The Morgan fingerprint density at radius 2 is 0.667 bits per heavy atom. The highest BCUT2D eigenvalue weighted by atomic mass is 16.7. The zero-order valence-corrected chi connectivity index (χ0v) is 54.2. The molecular weight excluding hydrogens is 1010 g/mol. The van der Waals surface area contributed by atoms with Crippen molar-refractivity contribution in [1.29, 1.82) is 0 Å². The molecule has 0 radical (unpaired) electrons. The van der Waals surface area contributed by atoms with E-state index in [9.17, 15) is 19.5 Å². The van der Waals surface area contributed by atoms with Crippen LogP contribution >= 0.6 is 0 Å². The molecule has 0 heterocycles. The molecule has 0 aromatic heterocycles. The topological polar surface area (TPSA) is 111 Å². The molecule has 0 amide bonds. The maximum absolute atomic E-state index is 12.9. The summed E-state index contributed by atoms with van der Waals surface area (Å²) in [5, 5.41) is 11.8. The Morgan fingerprint density at radius 3 is 1.00 bits per heavy atom. The van der Waals surface area contributed by atoms with Crippen molar-refractivity contribution in [1.82, 2.24) is 0 Å². The lowest BCUT2D eigenvalue weighted by Crippen LogP contribution is -2.44. The highest BCUT2D eigenvalue weighted by molar-refractivity contribution is 5.70. The average molecular weight is 1140 g/mol. The van der Waals surface area contributed by atoms with E-state index in [0.717, 1.165) is 57.8 Å². The van der Waals surface area contributed by atoms with Gasteiger partial charge in [-0.05, 0) is 77.0 Å². The number of hydrogen-bond acceptors (Lipinski definition) is 8. The Hall–Kier alpha value is -2.75. The number of carbonyl (C=O) groups is 3. The van der Waals surface area contributed by atoms with Crippen molar-refractivity contribution in [2.75, 3.05) is 47.5 Å². The SMILES string of the molecule is CCCCC/C=C\C/C=C\CCCCCCCCCC(=O)OCC(COC(OCC[N+](C)(C)C)C(=O)[O-])OC(=O)CCCCCCCCCCCCCCCCCCCCCCCCCCCCC/C=C\C/C=C\CCCCCCC. The Kier molecular flexibility index (Phi) is 61.1. The molecule has 0 aliphatic heterocycles. The van der Waals surface area contributed by atoms with Gasteiger partial charge in [-0.15, -0.1) is 0 Å². The first-order valence-electron chi connectivity index (χ1n) is 34.8. The van der Waals surface area contributed by atoms with Gasteiger partial charge in [0.2, 0.25) is 0 Å². The van der Waals surface area contributed by atoms with Gasteiger partial charge in [0, 0.05) is 12.8 Å². The monoisotopic (exact) mass is 1140 g/mol. The number of rotatable bonds is 65. The lowest BCUT2D eigenvalue weighted by molar-refractivity contribution is -0.870. The number of hydrogen-bond donors (Lipinski definition) is 0. The molecule has 2 unspecified atom stereocenters. The Morgan fingerprint density at radius 1 is 0.370 bits per heavy atom. The molecule has 0 aromatic carbocycles. The van der Waals surface area contributed by atoms with Crippen LogP contribution in [0.25, 0.3) is 0 Å². The fraction of sp³-hybridized carbons (Fsp3) is 0.847. The quantitative estimate of drug-likeness (QED) is 0.0195. The summed E-state index contributed by atoms with van der Waals surface area (Å²) < 4.78 is 22.8. The number of ether oxygens (including phenoxy) is 4. The van der Waals surface area contributed by atoms with Crippen LogP contribution in [0.2, 0.25) is 0 Å². The molecule has 0 bridgehead atoms.